The van der Waals surface area contributed by atoms with Crippen LogP contribution in [0.4, 0.5) is 0 Å². The number of carbonyl (C=O) groups is 1. The van der Waals surface area contributed by atoms with Crippen LogP contribution in [0.25, 0.3) is 0 Å². The van der Waals surface area contributed by atoms with E-state index >= 15 is 0 Å². The average molecular weight is 326 g/mol. The summed E-state index contributed by atoms with van der Waals surface area (Å²) in [5, 5.41) is 0. The van der Waals surface area contributed by atoms with Gasteiger partial charge in [0.2, 0.25) is 5.91 Å². The van der Waals surface area contributed by atoms with E-state index in [9.17, 15) is 4.79 Å². The minimum atomic E-state index is -0.0363. The van der Waals surface area contributed by atoms with Gasteiger partial charge in [0, 0.05) is 13.7 Å². The highest BCUT2D eigenvalue weighted by molar-refractivity contribution is 6.27. The number of halogens is 1. The van der Waals surface area contributed by atoms with Crippen LogP contribution in [0.1, 0.15) is 30.4 Å². The van der Waals surface area contributed by atoms with E-state index in [2.05, 4.69) is 0 Å². The molecule has 0 aromatic heterocycles. The Kier molecular flexibility index (Phi) is 6.09. The zero-order chi connectivity index (χ0) is 16.1. The molecule has 22 heavy (non-hydrogen) atoms. The Balaban J connectivity index is 2.21. The molecule has 0 unspecified atom stereocenters. The van der Waals surface area contributed by atoms with Crippen molar-refractivity contribution >= 4 is 17.5 Å². The van der Waals surface area contributed by atoms with Crippen molar-refractivity contribution in [2.24, 2.45) is 0 Å². The third-order valence-electron chi connectivity index (χ3n) is 4.45. The minimum absolute atomic E-state index is 0.00212. The molecule has 1 aliphatic rings. The van der Waals surface area contributed by atoms with Crippen LogP contribution in [0.5, 0.6) is 5.75 Å². The van der Waals surface area contributed by atoms with Gasteiger partial charge < -0.3 is 14.4 Å². The molecular weight excluding hydrogens is 302 g/mol. The SMILES string of the molecule is COc1ccc(CN(C(=O)CCl)[C@H]2CCC[C@H]2OC)c(C)c1. The Morgan fingerprint density at radius 1 is 1.36 bits per heavy atom. The Hall–Kier alpha value is -1.26. The topological polar surface area (TPSA) is 38.8 Å². The Morgan fingerprint density at radius 3 is 2.73 bits per heavy atom. The molecule has 122 valence electrons. The van der Waals surface area contributed by atoms with E-state index in [-0.39, 0.29) is 23.9 Å². The third kappa shape index (κ3) is 3.73. The van der Waals surface area contributed by atoms with Gasteiger partial charge in [-0.15, -0.1) is 11.6 Å². The van der Waals surface area contributed by atoms with Gasteiger partial charge in [0.15, 0.2) is 0 Å². The molecule has 2 rings (SSSR count). The third-order valence-corrected chi connectivity index (χ3v) is 4.67. The fourth-order valence-corrected chi connectivity index (χ4v) is 3.31. The molecule has 1 aromatic carbocycles. The van der Waals surface area contributed by atoms with Crippen molar-refractivity contribution in [3.63, 3.8) is 0 Å². The maximum Gasteiger partial charge on any atom is 0.238 e. The number of ether oxygens (including phenoxy) is 2. The molecule has 0 heterocycles. The number of benzene rings is 1. The number of hydrogen-bond donors (Lipinski definition) is 0. The molecule has 0 N–H and O–H groups in total. The number of carbonyl (C=O) groups excluding carboxylic acids is 1. The Labute approximate surface area is 137 Å². The Bertz CT molecular complexity index is 521. The number of aryl methyl sites for hydroxylation is 1. The van der Waals surface area contributed by atoms with Crippen LogP contribution in [0.15, 0.2) is 18.2 Å². The fourth-order valence-electron chi connectivity index (χ4n) is 3.16. The predicted molar refractivity (Wildman–Crippen MR) is 87.4 cm³/mol. The van der Waals surface area contributed by atoms with Gasteiger partial charge in [0.25, 0.3) is 0 Å². The average Bonchev–Trinajstić information content (AvgIpc) is 3.01. The number of alkyl halides is 1. The van der Waals surface area contributed by atoms with Gasteiger partial charge >= 0.3 is 0 Å². The molecule has 0 bridgehead atoms. The summed E-state index contributed by atoms with van der Waals surface area (Å²) in [5.41, 5.74) is 2.22. The van der Waals surface area contributed by atoms with E-state index in [0.717, 1.165) is 36.1 Å². The standard InChI is InChI=1S/C17H24ClNO3/c1-12-9-14(21-2)8-7-13(12)11-19(17(20)10-18)15-5-4-6-16(15)22-3/h7-9,15-16H,4-6,10-11H2,1-3H3/t15-,16+/m0/s1. The van der Waals surface area contributed by atoms with Gasteiger partial charge in [-0.1, -0.05) is 6.07 Å². The largest absolute Gasteiger partial charge is 0.497 e. The molecule has 1 aromatic rings. The van der Waals surface area contributed by atoms with Crippen LogP contribution in [0, 0.1) is 6.92 Å². The summed E-state index contributed by atoms with van der Waals surface area (Å²) < 4.78 is 10.8. The summed E-state index contributed by atoms with van der Waals surface area (Å²) in [7, 11) is 3.37. The lowest BCUT2D eigenvalue weighted by Crippen LogP contribution is -2.45. The van der Waals surface area contributed by atoms with Crippen LogP contribution >= 0.6 is 11.6 Å². The van der Waals surface area contributed by atoms with Crippen molar-refractivity contribution in [3.8, 4) is 5.75 Å². The monoisotopic (exact) mass is 325 g/mol. The molecule has 4 nitrogen and oxygen atoms in total. The van der Waals surface area contributed by atoms with Gasteiger partial charge in [-0.3, -0.25) is 4.79 Å². The van der Waals surface area contributed by atoms with Gasteiger partial charge in [-0.05, 0) is 49.4 Å². The van der Waals surface area contributed by atoms with Crippen LogP contribution in [-0.4, -0.2) is 43.1 Å². The number of hydrogen-bond acceptors (Lipinski definition) is 3. The normalized spacial score (nSPS) is 20.9. The summed E-state index contributed by atoms with van der Waals surface area (Å²) in [4.78, 5) is 14.2. The van der Waals surface area contributed by atoms with Crippen LogP contribution in [-0.2, 0) is 16.1 Å². The summed E-state index contributed by atoms with van der Waals surface area (Å²) in [6, 6.07) is 6.03. The molecular formula is C17H24ClNO3. The second kappa shape index (κ2) is 7.84. The van der Waals surface area contributed by atoms with E-state index in [1.807, 2.05) is 30.0 Å². The lowest BCUT2D eigenvalue weighted by Gasteiger charge is -2.32. The van der Waals surface area contributed by atoms with Gasteiger partial charge in [-0.25, -0.2) is 0 Å². The van der Waals surface area contributed by atoms with Crippen molar-refractivity contribution in [3.05, 3.63) is 29.3 Å². The van der Waals surface area contributed by atoms with E-state index in [1.54, 1.807) is 14.2 Å². The highest BCUT2D eigenvalue weighted by Crippen LogP contribution is 2.29. The first-order valence-electron chi connectivity index (χ1n) is 7.62. The lowest BCUT2D eigenvalue weighted by atomic mass is 10.1. The molecule has 1 fully saturated rings. The van der Waals surface area contributed by atoms with Crippen molar-refractivity contribution in [2.75, 3.05) is 20.1 Å². The first-order chi connectivity index (χ1) is 10.6. The zero-order valence-electron chi connectivity index (χ0n) is 13.5. The maximum absolute atomic E-state index is 12.3. The van der Waals surface area contributed by atoms with E-state index < -0.39 is 0 Å². The van der Waals surface area contributed by atoms with Crippen LogP contribution in [0.2, 0.25) is 0 Å². The Morgan fingerprint density at radius 2 is 2.14 bits per heavy atom. The smallest absolute Gasteiger partial charge is 0.238 e. The van der Waals surface area contributed by atoms with Gasteiger partial charge in [0.1, 0.15) is 11.6 Å². The molecule has 1 amide bonds. The molecule has 0 radical (unpaired) electrons. The fraction of sp³-hybridized carbons (Fsp3) is 0.588. The van der Waals surface area contributed by atoms with E-state index in [4.69, 9.17) is 21.1 Å². The first-order valence-corrected chi connectivity index (χ1v) is 8.16. The predicted octanol–water partition coefficient (Wildman–Crippen LogP) is 3.14. The number of methoxy groups -OCH3 is 2. The maximum atomic E-state index is 12.3. The van der Waals surface area contributed by atoms with Crippen molar-refractivity contribution in [1.29, 1.82) is 0 Å². The highest BCUT2D eigenvalue weighted by atomic mass is 35.5. The van der Waals surface area contributed by atoms with Gasteiger partial charge in [-0.2, -0.15) is 0 Å². The van der Waals surface area contributed by atoms with Crippen LogP contribution < -0.4 is 4.74 Å². The quantitative estimate of drug-likeness (QED) is 0.754. The number of amides is 1. The highest BCUT2D eigenvalue weighted by Gasteiger charge is 2.34. The van der Waals surface area contributed by atoms with E-state index in [0.29, 0.717) is 6.54 Å². The van der Waals surface area contributed by atoms with Crippen molar-refractivity contribution < 1.29 is 14.3 Å². The second-order valence-corrected chi connectivity index (χ2v) is 5.99. The van der Waals surface area contributed by atoms with E-state index in [1.165, 1.54) is 0 Å². The summed E-state index contributed by atoms with van der Waals surface area (Å²) in [6.07, 6.45) is 3.15. The molecule has 2 atom stereocenters. The molecule has 0 spiro atoms. The van der Waals surface area contributed by atoms with Crippen LogP contribution in [0.3, 0.4) is 0 Å². The number of nitrogens with zero attached hydrogens (tertiary/aromatic N) is 1. The van der Waals surface area contributed by atoms with Gasteiger partial charge in [0.05, 0.1) is 19.3 Å². The van der Waals surface area contributed by atoms with Crippen molar-refractivity contribution in [2.45, 2.75) is 44.9 Å². The molecule has 1 saturated carbocycles. The molecule has 5 heteroatoms. The summed E-state index contributed by atoms with van der Waals surface area (Å²) >= 11 is 5.82. The minimum Gasteiger partial charge on any atom is -0.497 e. The summed E-state index contributed by atoms with van der Waals surface area (Å²) in [5.74, 6) is 0.792. The summed E-state index contributed by atoms with van der Waals surface area (Å²) in [6.45, 7) is 2.59. The molecule has 1 aliphatic carbocycles. The second-order valence-electron chi connectivity index (χ2n) is 5.72. The first kappa shape index (κ1) is 17.1. The molecule has 0 aliphatic heterocycles. The molecule has 0 saturated heterocycles. The number of rotatable bonds is 6. The lowest BCUT2D eigenvalue weighted by molar-refractivity contribution is -0.134. The van der Waals surface area contributed by atoms with Crippen molar-refractivity contribution in [1.82, 2.24) is 4.90 Å². The zero-order valence-corrected chi connectivity index (χ0v) is 14.2.